The predicted octanol–water partition coefficient (Wildman–Crippen LogP) is 1.89. The number of rotatable bonds is 7. The molecule has 0 aliphatic carbocycles. The average Bonchev–Trinajstić information content (AvgIpc) is 2.65. The topological polar surface area (TPSA) is 79.8 Å². The van der Waals surface area contributed by atoms with E-state index in [-0.39, 0.29) is 19.1 Å². The highest BCUT2D eigenvalue weighted by Crippen LogP contribution is 2.15. The Balaban J connectivity index is 1.86. The third-order valence-electron chi connectivity index (χ3n) is 3.42. The second-order valence-electron chi connectivity index (χ2n) is 5.32. The van der Waals surface area contributed by atoms with E-state index in [2.05, 4.69) is 21.8 Å². The van der Waals surface area contributed by atoms with E-state index < -0.39 is 5.91 Å². The maximum absolute atomic E-state index is 12.0. The van der Waals surface area contributed by atoms with Crippen molar-refractivity contribution in [1.29, 1.82) is 0 Å². The number of benzene rings is 2. The van der Waals surface area contributed by atoms with E-state index in [4.69, 9.17) is 11.2 Å². The van der Waals surface area contributed by atoms with Crippen LogP contribution in [0, 0.1) is 19.3 Å². The van der Waals surface area contributed by atoms with Gasteiger partial charge in [0.05, 0.1) is 12.8 Å². The van der Waals surface area contributed by atoms with Crippen molar-refractivity contribution < 1.29 is 14.3 Å². The highest BCUT2D eigenvalue weighted by Gasteiger charge is 2.09. The minimum absolute atomic E-state index is 0.141. The number of ether oxygens (including phenoxy) is 1. The molecule has 26 heavy (non-hydrogen) atoms. The van der Waals surface area contributed by atoms with Gasteiger partial charge in [-0.2, -0.15) is 5.10 Å². The number of hydrogen-bond donors (Lipinski definition) is 2. The molecule has 2 rings (SSSR count). The van der Waals surface area contributed by atoms with Gasteiger partial charge >= 0.3 is 0 Å². The molecule has 0 aromatic heterocycles. The molecule has 0 aliphatic rings. The van der Waals surface area contributed by atoms with Crippen molar-refractivity contribution in [3.05, 3.63) is 65.2 Å². The molecule has 0 saturated carbocycles. The molecule has 0 bridgehead atoms. The summed E-state index contributed by atoms with van der Waals surface area (Å²) in [6, 6.07) is 14.3. The van der Waals surface area contributed by atoms with Crippen LogP contribution in [0.1, 0.15) is 21.5 Å². The van der Waals surface area contributed by atoms with Gasteiger partial charge in [-0.3, -0.25) is 9.59 Å². The normalized spacial score (nSPS) is 10.2. The van der Waals surface area contributed by atoms with Crippen molar-refractivity contribution in [2.75, 3.05) is 13.2 Å². The number of hydrogen-bond acceptors (Lipinski definition) is 4. The van der Waals surface area contributed by atoms with Gasteiger partial charge in [-0.15, -0.1) is 6.42 Å². The lowest BCUT2D eigenvalue weighted by molar-refractivity contribution is -0.120. The van der Waals surface area contributed by atoms with Crippen LogP contribution < -0.4 is 15.5 Å². The molecule has 0 unspecified atom stereocenters. The minimum Gasteiger partial charge on any atom is -0.480 e. The Kier molecular flexibility index (Phi) is 6.95. The maximum Gasteiger partial charge on any atom is 0.259 e. The summed E-state index contributed by atoms with van der Waals surface area (Å²) in [7, 11) is 0. The summed E-state index contributed by atoms with van der Waals surface area (Å²) in [5.74, 6) is 2.20. The number of terminal acetylenes is 1. The standard InChI is InChI=1S/C20H19N3O3/c1-3-12-26-18-11-7-5-9-16(18)13-22-23-19(24)14-21-20(25)17-10-6-4-8-15(17)2/h1,4-11,13H,12,14H2,2H3,(H,21,25)(H,23,24)/b22-13+. The molecular formula is C20H19N3O3. The smallest absolute Gasteiger partial charge is 0.259 e. The Morgan fingerprint density at radius 3 is 2.69 bits per heavy atom. The molecule has 0 atom stereocenters. The van der Waals surface area contributed by atoms with Crippen molar-refractivity contribution in [3.63, 3.8) is 0 Å². The van der Waals surface area contributed by atoms with Gasteiger partial charge in [-0.1, -0.05) is 36.3 Å². The molecule has 0 aliphatic heterocycles. The van der Waals surface area contributed by atoms with Gasteiger partial charge in [0.15, 0.2) is 0 Å². The van der Waals surface area contributed by atoms with Crippen LogP contribution >= 0.6 is 0 Å². The quantitative estimate of drug-likeness (QED) is 0.455. The van der Waals surface area contributed by atoms with Gasteiger partial charge in [-0.25, -0.2) is 5.43 Å². The third kappa shape index (κ3) is 5.49. The number of nitrogens with zero attached hydrogens (tertiary/aromatic N) is 1. The molecule has 0 heterocycles. The number of amides is 2. The van der Waals surface area contributed by atoms with Crippen LogP contribution in [-0.2, 0) is 4.79 Å². The minimum atomic E-state index is -0.440. The molecule has 2 aromatic carbocycles. The van der Waals surface area contributed by atoms with Crippen LogP contribution in [0.15, 0.2) is 53.6 Å². The largest absolute Gasteiger partial charge is 0.480 e. The van der Waals surface area contributed by atoms with E-state index in [1.165, 1.54) is 6.21 Å². The first-order valence-electron chi connectivity index (χ1n) is 7.93. The highest BCUT2D eigenvalue weighted by atomic mass is 16.5. The molecule has 0 radical (unpaired) electrons. The van der Waals surface area contributed by atoms with Crippen LogP contribution in [0.4, 0.5) is 0 Å². The fraction of sp³-hybridized carbons (Fsp3) is 0.150. The SMILES string of the molecule is C#CCOc1ccccc1/C=N/NC(=O)CNC(=O)c1ccccc1C. The van der Waals surface area contributed by atoms with Crippen LogP contribution in [0.25, 0.3) is 0 Å². The van der Waals surface area contributed by atoms with Crippen LogP contribution in [0.3, 0.4) is 0 Å². The van der Waals surface area contributed by atoms with Crippen molar-refractivity contribution >= 4 is 18.0 Å². The molecule has 6 nitrogen and oxygen atoms in total. The van der Waals surface area contributed by atoms with Gasteiger partial charge in [-0.05, 0) is 30.7 Å². The first-order chi connectivity index (χ1) is 12.6. The van der Waals surface area contributed by atoms with Crippen molar-refractivity contribution in [2.24, 2.45) is 5.10 Å². The van der Waals surface area contributed by atoms with E-state index >= 15 is 0 Å². The Hall–Kier alpha value is -3.59. The first-order valence-corrected chi connectivity index (χ1v) is 7.93. The third-order valence-corrected chi connectivity index (χ3v) is 3.42. The Morgan fingerprint density at radius 2 is 1.92 bits per heavy atom. The van der Waals surface area contributed by atoms with Crippen LogP contribution in [0.2, 0.25) is 0 Å². The van der Waals surface area contributed by atoms with Crippen LogP contribution in [0.5, 0.6) is 5.75 Å². The van der Waals surface area contributed by atoms with Gasteiger partial charge in [0.1, 0.15) is 12.4 Å². The molecule has 0 saturated heterocycles. The van der Waals surface area contributed by atoms with Crippen molar-refractivity contribution in [1.82, 2.24) is 10.7 Å². The summed E-state index contributed by atoms with van der Waals surface area (Å²) in [5.41, 5.74) is 4.40. The molecule has 2 amide bonds. The fourth-order valence-corrected chi connectivity index (χ4v) is 2.13. The number of nitrogens with one attached hydrogen (secondary N) is 2. The lowest BCUT2D eigenvalue weighted by Crippen LogP contribution is -2.35. The number of carbonyl (C=O) groups is 2. The fourth-order valence-electron chi connectivity index (χ4n) is 2.13. The van der Waals surface area contributed by atoms with Crippen molar-refractivity contribution in [3.8, 4) is 18.1 Å². The van der Waals surface area contributed by atoms with E-state index in [1.54, 1.807) is 24.3 Å². The summed E-state index contributed by atoms with van der Waals surface area (Å²) in [6.45, 7) is 1.79. The number of aryl methyl sites for hydroxylation is 1. The van der Waals surface area contributed by atoms with E-state index in [9.17, 15) is 9.59 Å². The monoisotopic (exact) mass is 349 g/mol. The first kappa shape index (κ1) is 18.7. The Labute approximate surface area is 152 Å². The second kappa shape index (κ2) is 9.64. The molecule has 132 valence electrons. The van der Waals surface area contributed by atoms with Gasteiger partial charge in [0, 0.05) is 11.1 Å². The van der Waals surface area contributed by atoms with Gasteiger partial charge < -0.3 is 10.1 Å². The summed E-state index contributed by atoms with van der Waals surface area (Å²) < 4.78 is 5.39. The summed E-state index contributed by atoms with van der Waals surface area (Å²) in [6.07, 6.45) is 6.63. The number of carbonyl (C=O) groups excluding carboxylic acids is 2. The van der Waals surface area contributed by atoms with Gasteiger partial charge in [0.2, 0.25) is 0 Å². The molecule has 6 heteroatoms. The van der Waals surface area contributed by atoms with E-state index in [1.807, 2.05) is 31.2 Å². The molecule has 2 aromatic rings. The van der Waals surface area contributed by atoms with E-state index in [0.29, 0.717) is 16.9 Å². The summed E-state index contributed by atoms with van der Waals surface area (Å²) in [4.78, 5) is 23.9. The number of hydrazone groups is 1. The molecular weight excluding hydrogens is 330 g/mol. The molecule has 0 fully saturated rings. The lowest BCUT2D eigenvalue weighted by Gasteiger charge is -2.07. The van der Waals surface area contributed by atoms with Gasteiger partial charge in [0.25, 0.3) is 11.8 Å². The van der Waals surface area contributed by atoms with E-state index in [0.717, 1.165) is 5.56 Å². The van der Waals surface area contributed by atoms with Crippen LogP contribution in [-0.4, -0.2) is 31.2 Å². The Morgan fingerprint density at radius 1 is 1.19 bits per heavy atom. The zero-order valence-electron chi connectivity index (χ0n) is 14.4. The maximum atomic E-state index is 12.0. The Bertz CT molecular complexity index is 853. The predicted molar refractivity (Wildman–Crippen MR) is 100 cm³/mol. The summed E-state index contributed by atoms with van der Waals surface area (Å²) in [5, 5.41) is 6.43. The zero-order chi connectivity index (χ0) is 18.8. The average molecular weight is 349 g/mol. The lowest BCUT2D eigenvalue weighted by atomic mass is 10.1. The molecule has 0 spiro atoms. The second-order valence-corrected chi connectivity index (χ2v) is 5.32. The zero-order valence-corrected chi connectivity index (χ0v) is 14.4. The number of para-hydroxylation sites is 1. The highest BCUT2D eigenvalue weighted by molar-refractivity contribution is 5.97. The summed E-state index contributed by atoms with van der Waals surface area (Å²) >= 11 is 0. The molecule has 2 N–H and O–H groups in total. The van der Waals surface area contributed by atoms with Crippen molar-refractivity contribution in [2.45, 2.75) is 6.92 Å².